The lowest BCUT2D eigenvalue weighted by atomic mass is 10.1. The number of carbonyl (C=O) groups is 2. The molecule has 0 aromatic rings. The van der Waals surface area contributed by atoms with Crippen LogP contribution in [0.4, 0.5) is 0 Å². The molecule has 0 radical (unpaired) electrons. The molecule has 22 heavy (non-hydrogen) atoms. The van der Waals surface area contributed by atoms with E-state index in [2.05, 4.69) is 6.92 Å². The van der Waals surface area contributed by atoms with Gasteiger partial charge in [0.15, 0.2) is 0 Å². The van der Waals surface area contributed by atoms with Gasteiger partial charge in [-0.3, -0.25) is 4.79 Å². The highest BCUT2D eigenvalue weighted by Gasteiger charge is 2.39. The van der Waals surface area contributed by atoms with E-state index >= 15 is 0 Å². The number of aliphatic carboxylic acids is 1. The molecule has 0 unspecified atom stereocenters. The van der Waals surface area contributed by atoms with Gasteiger partial charge in [-0.05, 0) is 6.42 Å². The van der Waals surface area contributed by atoms with Crippen LogP contribution in [0.1, 0.15) is 78.1 Å². The Kier molecular flexibility index (Phi) is 9.60. The van der Waals surface area contributed by atoms with E-state index in [-0.39, 0.29) is 11.3 Å². The van der Waals surface area contributed by atoms with Gasteiger partial charge < -0.3 is 10.0 Å². The van der Waals surface area contributed by atoms with Crippen LogP contribution in [0.5, 0.6) is 0 Å². The van der Waals surface area contributed by atoms with Crippen molar-refractivity contribution < 1.29 is 14.7 Å². The van der Waals surface area contributed by atoms with Crippen molar-refractivity contribution in [2.45, 2.75) is 89.5 Å². The van der Waals surface area contributed by atoms with Gasteiger partial charge in [0, 0.05) is 12.7 Å². The van der Waals surface area contributed by atoms with Crippen molar-refractivity contribution in [1.29, 1.82) is 0 Å². The molecule has 0 saturated carbocycles. The Hall–Kier alpha value is -0.710. The lowest BCUT2D eigenvalue weighted by Crippen LogP contribution is -2.44. The number of hydrogen-bond acceptors (Lipinski definition) is 3. The van der Waals surface area contributed by atoms with Gasteiger partial charge in [0.25, 0.3) is 0 Å². The number of carboxylic acids is 1. The van der Waals surface area contributed by atoms with Crippen molar-refractivity contribution in [3.8, 4) is 0 Å². The Morgan fingerprint density at radius 1 is 1.05 bits per heavy atom. The third-order valence-electron chi connectivity index (χ3n) is 4.30. The van der Waals surface area contributed by atoms with E-state index in [0.29, 0.717) is 5.75 Å². The van der Waals surface area contributed by atoms with Crippen molar-refractivity contribution in [1.82, 2.24) is 4.90 Å². The van der Waals surface area contributed by atoms with Crippen LogP contribution in [-0.4, -0.2) is 39.1 Å². The summed E-state index contributed by atoms with van der Waals surface area (Å²) in [5.74, 6) is -0.465. The van der Waals surface area contributed by atoms with Gasteiger partial charge >= 0.3 is 5.97 Å². The molecular formula is C17H31NO3S. The molecule has 4 nitrogen and oxygen atoms in total. The Labute approximate surface area is 139 Å². The molecule has 1 rings (SSSR count). The minimum atomic E-state index is -0.878. The number of unbranched alkanes of at least 4 members (excludes halogenated alkanes) is 8. The van der Waals surface area contributed by atoms with Gasteiger partial charge in [0.05, 0.1) is 5.37 Å². The molecule has 0 bridgehead atoms. The van der Waals surface area contributed by atoms with Crippen LogP contribution < -0.4 is 0 Å². The average Bonchev–Trinajstić information content (AvgIpc) is 2.90. The van der Waals surface area contributed by atoms with Crippen molar-refractivity contribution in [2.24, 2.45) is 0 Å². The predicted molar refractivity (Wildman–Crippen MR) is 92.0 cm³/mol. The maximum atomic E-state index is 11.7. The molecule has 1 amide bonds. The SMILES string of the molecule is CCCCCCCCCCC[C@@H]1SC[C@H](C(=O)O)N1C(C)=O. The second-order valence-electron chi connectivity index (χ2n) is 6.19. The Bertz CT molecular complexity index is 349. The first-order valence-corrected chi connectivity index (χ1v) is 9.76. The summed E-state index contributed by atoms with van der Waals surface area (Å²) in [6.45, 7) is 3.71. The molecule has 1 fully saturated rings. The fraction of sp³-hybridized carbons (Fsp3) is 0.882. The van der Waals surface area contributed by atoms with Crippen molar-refractivity contribution in [2.75, 3.05) is 5.75 Å². The maximum Gasteiger partial charge on any atom is 0.327 e. The Morgan fingerprint density at radius 3 is 2.09 bits per heavy atom. The lowest BCUT2D eigenvalue weighted by molar-refractivity contribution is -0.148. The number of carbonyl (C=O) groups excluding carboxylic acids is 1. The van der Waals surface area contributed by atoms with Gasteiger partial charge in [-0.25, -0.2) is 4.79 Å². The molecule has 2 atom stereocenters. The molecule has 1 heterocycles. The summed E-state index contributed by atoms with van der Waals surface area (Å²) in [7, 11) is 0. The van der Waals surface area contributed by atoms with E-state index in [1.165, 1.54) is 58.3 Å². The van der Waals surface area contributed by atoms with Crippen LogP contribution >= 0.6 is 11.8 Å². The molecule has 0 aromatic heterocycles. The number of rotatable bonds is 11. The second-order valence-corrected chi connectivity index (χ2v) is 7.40. The van der Waals surface area contributed by atoms with Crippen LogP contribution in [0, 0.1) is 0 Å². The molecule has 0 aromatic carbocycles. The second kappa shape index (κ2) is 10.9. The van der Waals surface area contributed by atoms with Gasteiger partial charge in [-0.2, -0.15) is 0 Å². The smallest absolute Gasteiger partial charge is 0.327 e. The van der Waals surface area contributed by atoms with Gasteiger partial charge in [-0.1, -0.05) is 64.7 Å². The van der Waals surface area contributed by atoms with Crippen molar-refractivity contribution in [3.63, 3.8) is 0 Å². The molecule has 1 N–H and O–H groups in total. The summed E-state index contributed by atoms with van der Waals surface area (Å²) in [5.41, 5.74) is 0. The first-order chi connectivity index (χ1) is 10.6. The minimum Gasteiger partial charge on any atom is -0.480 e. The highest BCUT2D eigenvalue weighted by molar-refractivity contribution is 8.00. The molecule has 1 saturated heterocycles. The Balaban J connectivity index is 2.14. The third kappa shape index (κ3) is 6.59. The zero-order chi connectivity index (χ0) is 16.4. The van der Waals surface area contributed by atoms with Crippen molar-refractivity contribution in [3.05, 3.63) is 0 Å². The molecule has 0 aliphatic carbocycles. The molecule has 128 valence electrons. The zero-order valence-corrected chi connectivity index (χ0v) is 14.9. The first kappa shape index (κ1) is 19.3. The number of hydrogen-bond donors (Lipinski definition) is 1. The molecule has 5 heteroatoms. The van der Waals surface area contributed by atoms with E-state index in [0.717, 1.165) is 12.8 Å². The van der Waals surface area contributed by atoms with E-state index in [9.17, 15) is 14.7 Å². The van der Waals surface area contributed by atoms with Crippen LogP contribution in [-0.2, 0) is 9.59 Å². The normalized spacial score (nSPS) is 21.3. The number of carboxylic acid groups (broad SMARTS) is 1. The quantitative estimate of drug-likeness (QED) is 0.575. The Morgan fingerprint density at radius 2 is 1.59 bits per heavy atom. The molecular weight excluding hydrogens is 298 g/mol. The summed E-state index contributed by atoms with van der Waals surface area (Å²) in [6, 6.07) is -0.633. The standard InChI is InChI=1S/C17H31NO3S/c1-3-4-5-6-7-8-9-10-11-12-16-18(14(2)19)15(13-22-16)17(20)21/h15-16H,3-13H2,1-2H3,(H,20,21)/t15-,16+/m1/s1. The fourth-order valence-electron chi connectivity index (χ4n) is 3.03. The van der Waals surface area contributed by atoms with Crippen LogP contribution in [0.25, 0.3) is 0 Å². The first-order valence-electron chi connectivity index (χ1n) is 8.71. The third-order valence-corrected chi connectivity index (χ3v) is 5.65. The monoisotopic (exact) mass is 329 g/mol. The van der Waals surface area contributed by atoms with Gasteiger partial charge in [0.1, 0.15) is 6.04 Å². The number of amides is 1. The fourth-order valence-corrected chi connectivity index (χ4v) is 4.52. The molecule has 0 spiro atoms. The van der Waals surface area contributed by atoms with E-state index in [4.69, 9.17) is 0 Å². The molecule has 1 aliphatic rings. The highest BCUT2D eigenvalue weighted by Crippen LogP contribution is 2.32. The highest BCUT2D eigenvalue weighted by atomic mass is 32.2. The molecule has 1 aliphatic heterocycles. The van der Waals surface area contributed by atoms with Crippen LogP contribution in [0.3, 0.4) is 0 Å². The minimum absolute atomic E-state index is 0.0585. The largest absolute Gasteiger partial charge is 0.480 e. The van der Waals surface area contributed by atoms with Crippen LogP contribution in [0.2, 0.25) is 0 Å². The average molecular weight is 330 g/mol. The summed E-state index contributed by atoms with van der Waals surface area (Å²) >= 11 is 1.62. The van der Waals surface area contributed by atoms with Crippen LogP contribution in [0.15, 0.2) is 0 Å². The number of thioether (sulfide) groups is 1. The lowest BCUT2D eigenvalue weighted by Gasteiger charge is -2.26. The van der Waals surface area contributed by atoms with Crippen molar-refractivity contribution >= 4 is 23.6 Å². The van der Waals surface area contributed by atoms with Gasteiger partial charge in [0.2, 0.25) is 5.91 Å². The summed E-state index contributed by atoms with van der Waals surface area (Å²) in [4.78, 5) is 24.4. The van der Waals surface area contributed by atoms with Gasteiger partial charge in [-0.15, -0.1) is 11.8 Å². The number of nitrogens with zero attached hydrogens (tertiary/aromatic N) is 1. The van der Waals surface area contributed by atoms with E-state index < -0.39 is 12.0 Å². The van der Waals surface area contributed by atoms with E-state index in [1.54, 1.807) is 16.7 Å². The summed E-state index contributed by atoms with van der Waals surface area (Å²) in [5, 5.41) is 9.23. The predicted octanol–water partition coefficient (Wildman–Crippen LogP) is 4.28. The van der Waals surface area contributed by atoms with E-state index in [1.807, 2.05) is 0 Å². The summed E-state index contributed by atoms with van der Waals surface area (Å²) in [6.07, 6.45) is 12.4. The summed E-state index contributed by atoms with van der Waals surface area (Å²) < 4.78 is 0. The topological polar surface area (TPSA) is 57.6 Å². The maximum absolute atomic E-state index is 11.7. The zero-order valence-electron chi connectivity index (χ0n) is 14.1.